The summed E-state index contributed by atoms with van der Waals surface area (Å²) in [5.41, 5.74) is 18.3. The molecule has 0 spiro atoms. The predicted octanol–water partition coefficient (Wildman–Crippen LogP) is 19.4. The minimum atomic E-state index is -0.250. The maximum absolute atomic E-state index is 2.60. The zero-order chi connectivity index (χ0) is 46.6. The zero-order valence-electron chi connectivity index (χ0n) is 39.8. The van der Waals surface area contributed by atoms with Crippen molar-refractivity contribution in [2.24, 2.45) is 0 Å². The van der Waals surface area contributed by atoms with Crippen LogP contribution in [0.1, 0.15) is 49.9 Å². The molecule has 70 heavy (non-hydrogen) atoms. The Bertz CT molecular complexity index is 4370. The van der Waals surface area contributed by atoms with Crippen molar-refractivity contribution in [3.63, 3.8) is 0 Å². The fourth-order valence-electron chi connectivity index (χ4n) is 13.5. The van der Waals surface area contributed by atoms with Gasteiger partial charge in [-0.2, -0.15) is 0 Å². The first-order valence-electron chi connectivity index (χ1n) is 24.9. The fourth-order valence-corrected chi connectivity index (χ4v) is 13.5. The van der Waals surface area contributed by atoms with E-state index in [9.17, 15) is 0 Å². The monoisotopic (exact) mass is 888 g/mol. The summed E-state index contributed by atoms with van der Waals surface area (Å²) in [6, 6.07) is 82.8. The van der Waals surface area contributed by atoms with E-state index in [1.807, 2.05) is 0 Å². The molecule has 0 saturated carbocycles. The Kier molecular flexibility index (Phi) is 8.00. The number of benzene rings is 13. The standard InChI is InChI=1S/C70H48/c1-69(2)62-38-58-57-35-34-56-48-24-8-7-22-46(48)47-23-9-12-27-51(47)67(56)68(57)70(3,4)61(58)40-60(62)66-50-26-11-10-25-49(50)59(39-63(66)69)65-54-30-15-13-28-52(54)64(53-29-14-16-31-55(53)65)45-21-17-20-43(37-45)44-33-32-41-18-5-6-19-42(41)36-44/h5-40H,1-4H3. The first-order chi connectivity index (χ1) is 34.3. The molecule has 0 nitrogen and oxygen atoms in total. The summed E-state index contributed by atoms with van der Waals surface area (Å²) in [6.45, 7) is 9.86. The quantitative estimate of drug-likeness (QED) is 0.122. The molecular weight excluding hydrogens is 841 g/mol. The van der Waals surface area contributed by atoms with Crippen LogP contribution in [0, 0.1) is 0 Å². The highest BCUT2D eigenvalue weighted by Crippen LogP contribution is 2.60. The van der Waals surface area contributed by atoms with Gasteiger partial charge in [-0.05, 0) is 184 Å². The topological polar surface area (TPSA) is 0 Å². The highest BCUT2D eigenvalue weighted by Gasteiger charge is 2.43. The van der Waals surface area contributed by atoms with E-state index < -0.39 is 0 Å². The smallest absolute Gasteiger partial charge is 0.0165 e. The Labute approximate surface area is 408 Å². The molecule has 2 aliphatic carbocycles. The highest BCUT2D eigenvalue weighted by atomic mass is 14.5. The van der Waals surface area contributed by atoms with Crippen LogP contribution < -0.4 is 0 Å². The van der Waals surface area contributed by atoms with E-state index in [1.165, 1.54) is 153 Å². The molecule has 0 amide bonds. The molecule has 0 fully saturated rings. The molecule has 0 heterocycles. The molecule has 2 aliphatic rings. The van der Waals surface area contributed by atoms with Gasteiger partial charge in [0.1, 0.15) is 0 Å². The Hall–Kier alpha value is -8.32. The molecule has 15 rings (SSSR count). The Balaban J connectivity index is 0.943. The van der Waals surface area contributed by atoms with Gasteiger partial charge in [0.2, 0.25) is 0 Å². The molecule has 0 radical (unpaired) electrons. The largest absolute Gasteiger partial charge is 0.0616 e. The van der Waals surface area contributed by atoms with E-state index >= 15 is 0 Å². The van der Waals surface area contributed by atoms with Crippen LogP contribution in [0.15, 0.2) is 218 Å². The molecule has 0 aromatic heterocycles. The number of hydrogen-bond donors (Lipinski definition) is 0. The summed E-state index contributed by atoms with van der Waals surface area (Å²) in [5.74, 6) is 0. The van der Waals surface area contributed by atoms with E-state index in [0.717, 1.165) is 0 Å². The summed E-state index contributed by atoms with van der Waals surface area (Å²) in [4.78, 5) is 0. The summed E-state index contributed by atoms with van der Waals surface area (Å²) >= 11 is 0. The van der Waals surface area contributed by atoms with E-state index in [-0.39, 0.29) is 10.8 Å². The second-order valence-corrected chi connectivity index (χ2v) is 21.1. The van der Waals surface area contributed by atoms with Gasteiger partial charge in [0, 0.05) is 10.8 Å². The Morgan fingerprint density at radius 1 is 0.243 bits per heavy atom. The van der Waals surface area contributed by atoms with Crippen LogP contribution in [-0.2, 0) is 10.8 Å². The number of rotatable bonds is 3. The maximum atomic E-state index is 2.60. The van der Waals surface area contributed by atoms with Crippen LogP contribution in [0.2, 0.25) is 0 Å². The first-order valence-corrected chi connectivity index (χ1v) is 24.9. The molecule has 0 atom stereocenters. The van der Waals surface area contributed by atoms with Crippen molar-refractivity contribution in [2.75, 3.05) is 0 Å². The Morgan fingerprint density at radius 2 is 0.714 bits per heavy atom. The molecular formula is C70H48. The molecule has 0 unspecified atom stereocenters. The lowest BCUT2D eigenvalue weighted by Crippen LogP contribution is -2.17. The van der Waals surface area contributed by atoms with Crippen molar-refractivity contribution in [1.29, 1.82) is 0 Å². The van der Waals surface area contributed by atoms with Crippen LogP contribution >= 0.6 is 0 Å². The van der Waals surface area contributed by atoms with Gasteiger partial charge in [0.15, 0.2) is 0 Å². The van der Waals surface area contributed by atoms with Crippen LogP contribution in [0.25, 0.3) is 131 Å². The van der Waals surface area contributed by atoms with Crippen molar-refractivity contribution < 1.29 is 0 Å². The first kappa shape index (κ1) is 39.7. The fraction of sp³-hybridized carbons (Fsp3) is 0.0857. The number of hydrogen-bond acceptors (Lipinski definition) is 0. The SMILES string of the molecule is CC1(C)c2cc3c(cc2-c2c1cc(-c1c4ccccc4c(-c4cccc(-c5ccc6ccccc6c5)c4)c4ccccc14)c1ccccc21)C(C)(C)c1c-3ccc2c3ccccc3c3ccccc3c12. The van der Waals surface area contributed by atoms with Gasteiger partial charge in [-0.15, -0.1) is 0 Å². The summed E-state index contributed by atoms with van der Waals surface area (Å²) in [7, 11) is 0. The van der Waals surface area contributed by atoms with Gasteiger partial charge in [-0.3, -0.25) is 0 Å². The maximum Gasteiger partial charge on any atom is 0.0165 e. The van der Waals surface area contributed by atoms with Gasteiger partial charge in [-0.25, -0.2) is 0 Å². The summed E-state index contributed by atoms with van der Waals surface area (Å²) < 4.78 is 0. The van der Waals surface area contributed by atoms with Gasteiger partial charge >= 0.3 is 0 Å². The van der Waals surface area contributed by atoms with Crippen molar-refractivity contribution >= 4 is 75.4 Å². The average Bonchev–Trinajstić information content (AvgIpc) is 3.77. The van der Waals surface area contributed by atoms with Crippen LogP contribution in [0.3, 0.4) is 0 Å². The number of fused-ring (bicyclic) bond motifs is 18. The lowest BCUT2D eigenvalue weighted by Gasteiger charge is -2.26. The molecule has 0 bridgehead atoms. The molecule has 0 saturated heterocycles. The van der Waals surface area contributed by atoms with Gasteiger partial charge in [0.25, 0.3) is 0 Å². The molecule has 13 aromatic rings. The van der Waals surface area contributed by atoms with Gasteiger partial charge in [-0.1, -0.05) is 216 Å². The average molecular weight is 889 g/mol. The molecule has 328 valence electrons. The highest BCUT2D eigenvalue weighted by molar-refractivity contribution is 6.28. The van der Waals surface area contributed by atoms with Gasteiger partial charge < -0.3 is 0 Å². The molecule has 0 aliphatic heterocycles. The van der Waals surface area contributed by atoms with Gasteiger partial charge in [0.05, 0.1) is 0 Å². The minimum Gasteiger partial charge on any atom is -0.0616 e. The summed E-state index contributed by atoms with van der Waals surface area (Å²) in [5, 5.41) is 18.3. The van der Waals surface area contributed by atoms with Crippen LogP contribution in [0.4, 0.5) is 0 Å². The molecule has 0 heteroatoms. The third-order valence-corrected chi connectivity index (χ3v) is 16.8. The minimum absolute atomic E-state index is 0.221. The lowest BCUT2D eigenvalue weighted by atomic mass is 9.77. The second kappa shape index (κ2) is 14.1. The van der Waals surface area contributed by atoms with E-state index in [1.54, 1.807) is 0 Å². The molecule has 13 aromatic carbocycles. The second-order valence-electron chi connectivity index (χ2n) is 21.1. The van der Waals surface area contributed by atoms with Crippen molar-refractivity contribution in [3.05, 3.63) is 241 Å². The third-order valence-electron chi connectivity index (χ3n) is 16.8. The van der Waals surface area contributed by atoms with E-state index in [0.29, 0.717) is 0 Å². The molecule has 0 N–H and O–H groups in total. The van der Waals surface area contributed by atoms with Crippen molar-refractivity contribution in [1.82, 2.24) is 0 Å². The lowest BCUT2D eigenvalue weighted by molar-refractivity contribution is 0.655. The van der Waals surface area contributed by atoms with Crippen molar-refractivity contribution in [2.45, 2.75) is 38.5 Å². The third kappa shape index (κ3) is 5.26. The normalized spacial score (nSPS) is 14.2. The zero-order valence-corrected chi connectivity index (χ0v) is 39.8. The van der Waals surface area contributed by atoms with Crippen LogP contribution in [-0.4, -0.2) is 0 Å². The van der Waals surface area contributed by atoms with E-state index in [4.69, 9.17) is 0 Å². The Morgan fingerprint density at radius 3 is 1.39 bits per heavy atom. The predicted molar refractivity (Wildman–Crippen MR) is 300 cm³/mol. The van der Waals surface area contributed by atoms with Crippen molar-refractivity contribution in [3.8, 4) is 55.6 Å². The summed E-state index contributed by atoms with van der Waals surface area (Å²) in [6.07, 6.45) is 0. The van der Waals surface area contributed by atoms with Crippen LogP contribution in [0.5, 0.6) is 0 Å². The van der Waals surface area contributed by atoms with E-state index in [2.05, 4.69) is 246 Å².